The fourth-order valence-electron chi connectivity index (χ4n) is 3.30. The van der Waals surface area contributed by atoms with E-state index in [0.717, 1.165) is 6.54 Å². The van der Waals surface area contributed by atoms with Crippen LogP contribution in [0.25, 0.3) is 0 Å². The van der Waals surface area contributed by atoms with Crippen molar-refractivity contribution in [3.63, 3.8) is 0 Å². The number of rotatable bonds is 19. The molecular formula is C21H41NO9. The third kappa shape index (κ3) is 11.3. The molecule has 2 aliphatic heterocycles. The smallest absolute Gasteiger partial charge is 0.160 e. The van der Waals surface area contributed by atoms with Crippen molar-refractivity contribution in [2.75, 3.05) is 59.4 Å². The first-order chi connectivity index (χ1) is 15.2. The first-order valence-corrected chi connectivity index (χ1v) is 11.5. The van der Waals surface area contributed by atoms with Gasteiger partial charge in [-0.15, -0.1) is 0 Å². The van der Waals surface area contributed by atoms with Crippen LogP contribution < -0.4 is 5.32 Å². The first kappa shape index (κ1) is 26.8. The van der Waals surface area contributed by atoms with Crippen LogP contribution >= 0.6 is 0 Å². The van der Waals surface area contributed by atoms with Gasteiger partial charge in [0.05, 0.1) is 59.0 Å². The second kappa shape index (κ2) is 16.2. The summed E-state index contributed by atoms with van der Waals surface area (Å²) in [6.45, 7) is 5.96. The van der Waals surface area contributed by atoms with Gasteiger partial charge in [0, 0.05) is 6.42 Å². The molecule has 2 unspecified atom stereocenters. The Morgan fingerprint density at radius 2 is 1.58 bits per heavy atom. The molecular weight excluding hydrogens is 410 g/mol. The van der Waals surface area contributed by atoms with Gasteiger partial charge in [0.1, 0.15) is 24.5 Å². The largest absolute Gasteiger partial charge is 0.394 e. The summed E-state index contributed by atoms with van der Waals surface area (Å²) < 4.78 is 32.8. The van der Waals surface area contributed by atoms with Crippen molar-refractivity contribution in [3.05, 3.63) is 0 Å². The highest BCUT2D eigenvalue weighted by atomic mass is 16.7. The zero-order valence-electron chi connectivity index (χ0n) is 18.7. The van der Waals surface area contributed by atoms with Gasteiger partial charge in [0.25, 0.3) is 0 Å². The van der Waals surface area contributed by atoms with Gasteiger partial charge < -0.3 is 43.7 Å². The lowest BCUT2D eigenvalue weighted by molar-refractivity contribution is -0.259. The van der Waals surface area contributed by atoms with E-state index in [2.05, 4.69) is 12.2 Å². The van der Waals surface area contributed by atoms with Crippen LogP contribution in [0.2, 0.25) is 0 Å². The van der Waals surface area contributed by atoms with Crippen LogP contribution in [0.4, 0.5) is 0 Å². The summed E-state index contributed by atoms with van der Waals surface area (Å²) in [5.74, 6) is 0. The van der Waals surface area contributed by atoms with Crippen LogP contribution in [0.1, 0.15) is 39.0 Å². The molecule has 0 aromatic carbocycles. The van der Waals surface area contributed by atoms with Crippen LogP contribution in [0.3, 0.4) is 0 Å². The van der Waals surface area contributed by atoms with Gasteiger partial charge in [-0.1, -0.05) is 26.2 Å². The van der Waals surface area contributed by atoms with Crippen molar-refractivity contribution in [1.82, 2.24) is 5.32 Å². The van der Waals surface area contributed by atoms with E-state index >= 15 is 0 Å². The molecule has 10 nitrogen and oxygen atoms in total. The average molecular weight is 452 g/mol. The Hall–Kier alpha value is -0.400. The van der Waals surface area contributed by atoms with Gasteiger partial charge in [-0.3, -0.25) is 5.32 Å². The molecule has 0 bridgehead atoms. The van der Waals surface area contributed by atoms with Gasteiger partial charge >= 0.3 is 0 Å². The molecule has 0 saturated carbocycles. The molecule has 184 valence electrons. The maximum Gasteiger partial charge on any atom is 0.160 e. The number of ether oxygens (including phenoxy) is 6. The zero-order valence-corrected chi connectivity index (χ0v) is 18.7. The van der Waals surface area contributed by atoms with E-state index in [1.165, 1.54) is 25.7 Å². The van der Waals surface area contributed by atoms with Crippen molar-refractivity contribution in [2.45, 2.75) is 76.0 Å². The van der Waals surface area contributed by atoms with E-state index in [9.17, 15) is 10.2 Å². The van der Waals surface area contributed by atoms with Gasteiger partial charge in [-0.2, -0.15) is 0 Å². The molecule has 10 heteroatoms. The molecule has 4 N–H and O–H groups in total. The third-order valence-corrected chi connectivity index (χ3v) is 5.23. The SMILES string of the molecule is CCCCCCNC1OC1COCCOCCOCCO[C@H]1C[C@@H](O)[C@@H](O)[C@@H](CO)O1. The lowest BCUT2D eigenvalue weighted by atomic mass is 10.0. The van der Waals surface area contributed by atoms with E-state index in [1.807, 2.05) is 0 Å². The summed E-state index contributed by atoms with van der Waals surface area (Å²) >= 11 is 0. The summed E-state index contributed by atoms with van der Waals surface area (Å²) in [5, 5.41) is 31.9. The van der Waals surface area contributed by atoms with Crippen molar-refractivity contribution < 1.29 is 43.7 Å². The molecule has 2 heterocycles. The second-order valence-electron chi connectivity index (χ2n) is 7.86. The van der Waals surface area contributed by atoms with Crippen molar-refractivity contribution in [2.24, 2.45) is 0 Å². The lowest BCUT2D eigenvalue weighted by Crippen LogP contribution is -2.50. The number of aliphatic hydroxyl groups is 3. The Bertz CT molecular complexity index is 445. The minimum atomic E-state index is -1.10. The second-order valence-corrected chi connectivity index (χ2v) is 7.86. The monoisotopic (exact) mass is 451 g/mol. The third-order valence-electron chi connectivity index (χ3n) is 5.23. The summed E-state index contributed by atoms with van der Waals surface area (Å²) in [7, 11) is 0. The molecule has 0 aromatic heterocycles. The van der Waals surface area contributed by atoms with Crippen molar-refractivity contribution in [3.8, 4) is 0 Å². The quantitative estimate of drug-likeness (QED) is 0.154. The minimum absolute atomic E-state index is 0.139. The molecule has 2 fully saturated rings. The molecule has 2 saturated heterocycles. The predicted octanol–water partition coefficient (Wildman–Crippen LogP) is -0.223. The molecule has 0 aromatic rings. The molecule has 2 rings (SSSR count). The lowest BCUT2D eigenvalue weighted by Gasteiger charge is -2.35. The van der Waals surface area contributed by atoms with Gasteiger partial charge in [-0.25, -0.2) is 0 Å². The molecule has 2 aliphatic rings. The van der Waals surface area contributed by atoms with E-state index in [-0.39, 0.29) is 32.0 Å². The number of hydrogen-bond donors (Lipinski definition) is 4. The molecule has 31 heavy (non-hydrogen) atoms. The number of epoxide rings is 1. The van der Waals surface area contributed by atoms with Crippen LogP contribution in [0.5, 0.6) is 0 Å². The first-order valence-electron chi connectivity index (χ1n) is 11.5. The van der Waals surface area contributed by atoms with Crippen molar-refractivity contribution >= 4 is 0 Å². The van der Waals surface area contributed by atoms with E-state index in [1.54, 1.807) is 0 Å². The number of aliphatic hydroxyl groups excluding tert-OH is 3. The van der Waals surface area contributed by atoms with Crippen LogP contribution in [0, 0.1) is 0 Å². The number of hydrogen-bond acceptors (Lipinski definition) is 10. The Balaban J connectivity index is 1.30. The Kier molecular flexibility index (Phi) is 14.1. The highest BCUT2D eigenvalue weighted by Crippen LogP contribution is 2.21. The fourth-order valence-corrected chi connectivity index (χ4v) is 3.30. The zero-order chi connectivity index (χ0) is 22.3. The molecule has 0 amide bonds. The van der Waals surface area contributed by atoms with E-state index in [0.29, 0.717) is 39.6 Å². The predicted molar refractivity (Wildman–Crippen MR) is 112 cm³/mol. The summed E-state index contributed by atoms with van der Waals surface area (Å²) in [5.41, 5.74) is 0. The Labute approximate surface area is 185 Å². The van der Waals surface area contributed by atoms with Gasteiger partial charge in [0.15, 0.2) is 6.29 Å². The number of unbranched alkanes of at least 4 members (excludes halogenated alkanes) is 3. The molecule has 0 aliphatic carbocycles. The van der Waals surface area contributed by atoms with E-state index in [4.69, 9.17) is 33.5 Å². The molecule has 0 spiro atoms. The summed E-state index contributed by atoms with van der Waals surface area (Å²) in [4.78, 5) is 0. The van der Waals surface area contributed by atoms with Crippen LogP contribution in [0.15, 0.2) is 0 Å². The maximum absolute atomic E-state index is 9.73. The normalized spacial score (nSPS) is 30.6. The Morgan fingerprint density at radius 3 is 2.29 bits per heavy atom. The molecule has 6 atom stereocenters. The Morgan fingerprint density at radius 1 is 0.871 bits per heavy atom. The van der Waals surface area contributed by atoms with Gasteiger partial charge in [-0.05, 0) is 13.0 Å². The highest BCUT2D eigenvalue weighted by molar-refractivity contribution is 4.83. The van der Waals surface area contributed by atoms with Crippen molar-refractivity contribution in [1.29, 1.82) is 0 Å². The summed E-state index contributed by atoms with van der Waals surface area (Å²) in [6, 6.07) is 0. The van der Waals surface area contributed by atoms with E-state index < -0.39 is 24.6 Å². The van der Waals surface area contributed by atoms with Crippen LogP contribution in [-0.4, -0.2) is 112 Å². The minimum Gasteiger partial charge on any atom is -0.394 e. The standard InChI is InChI=1S/C21H41NO9/c1-2-3-4-5-6-22-21-18(31-21)15-28-10-9-26-7-8-27-11-12-29-19-13-16(24)20(25)17(14-23)30-19/h16-25H,2-15H2,1H3/t16-,17-,18?,19-,20-,21?/m1/s1. The summed E-state index contributed by atoms with van der Waals surface area (Å²) in [6.07, 6.45) is 1.86. The topological polar surface area (TPSA) is 131 Å². The number of nitrogens with one attached hydrogen (secondary N) is 1. The van der Waals surface area contributed by atoms with Gasteiger partial charge in [0.2, 0.25) is 0 Å². The fraction of sp³-hybridized carbons (Fsp3) is 1.00. The highest BCUT2D eigenvalue weighted by Gasteiger charge is 2.38. The maximum atomic E-state index is 9.73. The van der Waals surface area contributed by atoms with Crippen LogP contribution in [-0.2, 0) is 28.4 Å². The molecule has 0 radical (unpaired) electrons. The average Bonchev–Trinajstić information content (AvgIpc) is 3.52.